The summed E-state index contributed by atoms with van der Waals surface area (Å²) in [6.07, 6.45) is -0.501. The number of piperazine rings is 2. The largest absolute Gasteiger partial charge is 0.449 e. The van der Waals surface area contributed by atoms with Crippen LogP contribution in [0.2, 0.25) is 0 Å². The van der Waals surface area contributed by atoms with Crippen molar-refractivity contribution in [3.63, 3.8) is 0 Å². The third kappa shape index (κ3) is 9.11. The molecule has 182 valence electrons. The predicted molar refractivity (Wildman–Crippen MR) is 139 cm³/mol. The molecule has 2 fully saturated rings. The van der Waals surface area contributed by atoms with Crippen LogP contribution in [0.3, 0.4) is 0 Å². The first-order chi connectivity index (χ1) is 15.2. The summed E-state index contributed by atoms with van der Waals surface area (Å²) in [4.78, 5) is 31.8. The average Bonchev–Trinajstić information content (AvgIpc) is 2.79. The molecule has 2 aliphatic heterocycles. The molecule has 0 spiro atoms. The van der Waals surface area contributed by atoms with Gasteiger partial charge in [-0.05, 0) is 33.4 Å². The van der Waals surface area contributed by atoms with Gasteiger partial charge in [-0.25, -0.2) is 9.59 Å². The summed E-state index contributed by atoms with van der Waals surface area (Å²) < 4.78 is 12.1. The molecule has 0 aliphatic carbocycles. The van der Waals surface area contributed by atoms with E-state index in [1.54, 1.807) is 9.80 Å². The van der Waals surface area contributed by atoms with Gasteiger partial charge < -0.3 is 29.1 Å². The summed E-state index contributed by atoms with van der Waals surface area (Å²) in [6.45, 7) is 14.1. The van der Waals surface area contributed by atoms with Crippen molar-refractivity contribution in [1.82, 2.24) is 19.6 Å². The number of nitrogens with zero attached hydrogens (tertiary/aromatic N) is 4. The number of carbonyl (C=O) groups excluding carboxylic acids is 2. The summed E-state index contributed by atoms with van der Waals surface area (Å²) in [6, 6.07) is 0. The smallest absolute Gasteiger partial charge is 0.409 e. The van der Waals surface area contributed by atoms with Crippen LogP contribution in [0.4, 0.5) is 9.59 Å². The first-order valence-electron chi connectivity index (χ1n) is 10.9. The molecule has 0 saturated carbocycles. The number of carbonyl (C=O) groups is 2. The molecule has 32 heavy (non-hydrogen) atoms. The highest BCUT2D eigenvalue weighted by molar-refractivity contribution is 8.89. The summed E-state index contributed by atoms with van der Waals surface area (Å²) in [5.41, 5.74) is 0. The van der Waals surface area contributed by atoms with E-state index in [9.17, 15) is 9.59 Å². The number of amides is 2. The Balaban J connectivity index is 1.65. The fourth-order valence-corrected chi connectivity index (χ4v) is 5.73. The number of ether oxygens (including phenoxy) is 2. The van der Waals surface area contributed by atoms with Crippen molar-refractivity contribution in [3.8, 4) is 0 Å². The van der Waals surface area contributed by atoms with Crippen molar-refractivity contribution in [2.24, 2.45) is 11.8 Å². The van der Waals surface area contributed by atoms with Crippen LogP contribution in [-0.2, 0) is 9.47 Å². The van der Waals surface area contributed by atoms with Crippen molar-refractivity contribution in [2.75, 3.05) is 65.6 Å². The lowest BCUT2D eigenvalue weighted by Gasteiger charge is -2.36. The molecular weight excluding hydrogens is 489 g/mol. The monoisotopic (exact) mass is 522 g/mol. The Labute approximate surface area is 210 Å². The number of thiocarbonyl (C=S) groups is 2. The molecule has 0 aromatic carbocycles. The molecule has 2 heterocycles. The van der Waals surface area contributed by atoms with E-state index in [4.69, 9.17) is 33.9 Å². The molecule has 12 heteroatoms. The van der Waals surface area contributed by atoms with Gasteiger partial charge in [-0.3, -0.25) is 0 Å². The van der Waals surface area contributed by atoms with Gasteiger partial charge >= 0.3 is 12.2 Å². The highest BCUT2D eigenvalue weighted by Gasteiger charge is 2.26. The second kappa shape index (κ2) is 13.7. The van der Waals surface area contributed by atoms with E-state index in [0.29, 0.717) is 77.4 Å². The van der Waals surface area contributed by atoms with Gasteiger partial charge in [0.25, 0.3) is 0 Å². The Morgan fingerprint density at radius 1 is 0.656 bits per heavy atom. The summed E-state index contributed by atoms with van der Waals surface area (Å²) in [7, 11) is 2.96. The Hall–Kier alpha value is -0.980. The Morgan fingerprint density at radius 2 is 0.938 bits per heavy atom. The quantitative estimate of drug-likeness (QED) is 0.403. The van der Waals surface area contributed by atoms with Gasteiger partial charge in [0.15, 0.2) is 0 Å². The Morgan fingerprint density at radius 3 is 1.22 bits per heavy atom. The number of hydrogen-bond acceptors (Lipinski definition) is 8. The van der Waals surface area contributed by atoms with E-state index in [-0.39, 0.29) is 12.2 Å². The number of rotatable bonds is 4. The maximum Gasteiger partial charge on any atom is 0.409 e. The molecular formula is C20H34N4O4S4. The molecule has 2 rings (SSSR count). The standard InChI is InChI=1S/C20H34N4O4S4/c1-15(2)13-27-17(25)21-5-9-23(10-6-21)19(29)31-32-20(30)24-11-7-22(8-12-24)18(26)28-14-16(3)4/h15-16H,5-14H2,1-4H3. The third-order valence-electron chi connectivity index (χ3n) is 4.86. The molecule has 2 saturated heterocycles. The molecule has 2 aliphatic rings. The van der Waals surface area contributed by atoms with Gasteiger partial charge in [0, 0.05) is 52.4 Å². The van der Waals surface area contributed by atoms with Crippen LogP contribution in [0, 0.1) is 11.8 Å². The van der Waals surface area contributed by atoms with Gasteiger partial charge in [0.1, 0.15) is 8.64 Å². The highest BCUT2D eigenvalue weighted by Crippen LogP contribution is 2.29. The summed E-state index contributed by atoms with van der Waals surface area (Å²) >= 11 is 11.1. The van der Waals surface area contributed by atoms with Gasteiger partial charge in [-0.15, -0.1) is 0 Å². The van der Waals surface area contributed by atoms with E-state index in [1.165, 1.54) is 21.6 Å². The first-order valence-corrected chi connectivity index (χ1v) is 13.9. The van der Waals surface area contributed by atoms with Gasteiger partial charge in [0.05, 0.1) is 13.2 Å². The van der Waals surface area contributed by atoms with E-state index >= 15 is 0 Å². The molecule has 0 bridgehead atoms. The van der Waals surface area contributed by atoms with Crippen LogP contribution in [0.1, 0.15) is 27.7 Å². The molecule has 0 unspecified atom stereocenters. The topological polar surface area (TPSA) is 65.6 Å². The second-order valence-corrected chi connectivity index (χ2v) is 12.0. The molecule has 0 aromatic rings. The minimum atomic E-state index is -0.250. The van der Waals surface area contributed by atoms with Crippen molar-refractivity contribution in [3.05, 3.63) is 0 Å². The zero-order valence-corrected chi connectivity index (χ0v) is 22.5. The lowest BCUT2D eigenvalue weighted by Crippen LogP contribution is -2.50. The van der Waals surface area contributed by atoms with Gasteiger partial charge in [0.2, 0.25) is 0 Å². The minimum absolute atomic E-state index is 0.250. The summed E-state index contributed by atoms with van der Waals surface area (Å²) in [5, 5.41) is 0. The van der Waals surface area contributed by atoms with Crippen LogP contribution in [0.5, 0.6) is 0 Å². The van der Waals surface area contributed by atoms with Crippen LogP contribution < -0.4 is 0 Å². The fourth-order valence-electron chi connectivity index (χ4n) is 2.98. The average molecular weight is 523 g/mol. The van der Waals surface area contributed by atoms with E-state index in [2.05, 4.69) is 9.80 Å². The maximum absolute atomic E-state index is 12.1. The Bertz CT molecular complexity index is 608. The highest BCUT2D eigenvalue weighted by atomic mass is 33.1. The van der Waals surface area contributed by atoms with E-state index in [1.807, 2.05) is 27.7 Å². The van der Waals surface area contributed by atoms with E-state index in [0.717, 1.165) is 8.64 Å². The van der Waals surface area contributed by atoms with Crippen LogP contribution in [0.15, 0.2) is 0 Å². The van der Waals surface area contributed by atoms with Crippen LogP contribution in [-0.4, -0.2) is 106 Å². The SMILES string of the molecule is CC(C)COC(=O)N1CCN(C(=S)SSC(=S)N2CCN(C(=O)OCC(C)C)CC2)CC1. The molecule has 0 N–H and O–H groups in total. The lowest BCUT2D eigenvalue weighted by atomic mass is 10.2. The summed E-state index contributed by atoms with van der Waals surface area (Å²) in [5.74, 6) is 0.651. The van der Waals surface area contributed by atoms with Crippen molar-refractivity contribution in [2.45, 2.75) is 27.7 Å². The predicted octanol–water partition coefficient (Wildman–Crippen LogP) is 3.76. The van der Waals surface area contributed by atoms with Crippen molar-refractivity contribution >= 4 is 66.9 Å². The second-order valence-electron chi connectivity index (χ2n) is 8.59. The van der Waals surface area contributed by atoms with E-state index < -0.39 is 0 Å². The molecule has 2 amide bonds. The van der Waals surface area contributed by atoms with Crippen LogP contribution in [0.25, 0.3) is 0 Å². The molecule has 0 aromatic heterocycles. The van der Waals surface area contributed by atoms with Gasteiger partial charge in [-0.1, -0.05) is 52.1 Å². The maximum atomic E-state index is 12.1. The van der Waals surface area contributed by atoms with Crippen molar-refractivity contribution in [1.29, 1.82) is 0 Å². The molecule has 0 radical (unpaired) electrons. The lowest BCUT2D eigenvalue weighted by molar-refractivity contribution is 0.0793. The van der Waals surface area contributed by atoms with Crippen molar-refractivity contribution < 1.29 is 19.1 Å². The molecule has 8 nitrogen and oxygen atoms in total. The Kier molecular flexibility index (Phi) is 11.6. The fraction of sp³-hybridized carbons (Fsp3) is 0.800. The zero-order valence-electron chi connectivity index (χ0n) is 19.3. The third-order valence-corrected chi connectivity index (χ3v) is 8.59. The van der Waals surface area contributed by atoms with Crippen LogP contribution >= 0.6 is 46.0 Å². The first kappa shape index (κ1) is 27.3. The van der Waals surface area contributed by atoms with Gasteiger partial charge in [-0.2, -0.15) is 0 Å². The molecule has 0 atom stereocenters. The minimum Gasteiger partial charge on any atom is -0.449 e. The zero-order chi connectivity index (χ0) is 23.7. The number of hydrogen-bond donors (Lipinski definition) is 0. The normalized spacial score (nSPS) is 17.1.